The van der Waals surface area contributed by atoms with Gasteiger partial charge < -0.3 is 4.90 Å². The molecule has 1 aromatic heterocycles. The van der Waals surface area contributed by atoms with E-state index in [1.807, 2.05) is 4.90 Å². The Morgan fingerprint density at radius 2 is 2.06 bits per heavy atom. The van der Waals surface area contributed by atoms with Crippen molar-refractivity contribution in [2.45, 2.75) is 38.1 Å². The molecule has 2 heterocycles. The number of carbonyl (C=O) groups is 1. The molecule has 0 bridgehead atoms. The van der Waals surface area contributed by atoms with Crippen LogP contribution in [0, 0.1) is 5.92 Å². The van der Waals surface area contributed by atoms with Gasteiger partial charge in [0.25, 0.3) is 5.91 Å². The highest BCUT2D eigenvalue weighted by molar-refractivity contribution is 6.29. The molecule has 1 saturated carbocycles. The van der Waals surface area contributed by atoms with Gasteiger partial charge in [0.05, 0.1) is 0 Å². The summed E-state index contributed by atoms with van der Waals surface area (Å²) in [6.07, 6.45) is 6.08. The number of halogens is 1. The van der Waals surface area contributed by atoms with Gasteiger partial charge >= 0.3 is 0 Å². The van der Waals surface area contributed by atoms with Crippen molar-refractivity contribution in [2.75, 3.05) is 6.54 Å². The molecule has 2 aliphatic rings. The summed E-state index contributed by atoms with van der Waals surface area (Å²) in [4.78, 5) is 14.4. The van der Waals surface area contributed by atoms with Crippen LogP contribution in [-0.4, -0.2) is 33.6 Å². The smallest absolute Gasteiger partial charge is 0.274 e. The zero-order valence-electron chi connectivity index (χ0n) is 10.2. The molecule has 3 rings (SSSR count). The molecule has 0 spiro atoms. The van der Waals surface area contributed by atoms with E-state index in [0.29, 0.717) is 22.8 Å². The second kappa shape index (κ2) is 4.84. The van der Waals surface area contributed by atoms with E-state index in [2.05, 4.69) is 10.2 Å². The highest BCUT2D eigenvalue weighted by atomic mass is 35.5. The summed E-state index contributed by atoms with van der Waals surface area (Å²) in [6.45, 7) is 0.860. The third-order valence-electron chi connectivity index (χ3n) is 4.12. The largest absolute Gasteiger partial charge is 0.334 e. The number of fused-ring (bicyclic) bond motifs is 1. The maximum Gasteiger partial charge on any atom is 0.274 e. The molecule has 18 heavy (non-hydrogen) atoms. The maximum atomic E-state index is 12.4. The quantitative estimate of drug-likeness (QED) is 0.784. The summed E-state index contributed by atoms with van der Waals surface area (Å²) < 4.78 is 0. The van der Waals surface area contributed by atoms with E-state index in [4.69, 9.17) is 11.6 Å². The first kappa shape index (κ1) is 11.9. The fourth-order valence-corrected chi connectivity index (χ4v) is 3.34. The fourth-order valence-electron chi connectivity index (χ4n) is 3.24. The van der Waals surface area contributed by atoms with Crippen LogP contribution in [0.5, 0.6) is 0 Å². The zero-order valence-corrected chi connectivity index (χ0v) is 10.9. The average Bonchev–Trinajstić information content (AvgIpc) is 2.82. The van der Waals surface area contributed by atoms with Gasteiger partial charge in [-0.1, -0.05) is 24.4 Å². The normalized spacial score (nSPS) is 27.1. The van der Waals surface area contributed by atoms with Gasteiger partial charge in [0, 0.05) is 12.6 Å². The molecule has 1 aliphatic carbocycles. The Balaban J connectivity index is 1.78. The molecular formula is C13H16ClN3O. The maximum absolute atomic E-state index is 12.4. The molecule has 1 saturated heterocycles. The Morgan fingerprint density at radius 3 is 2.83 bits per heavy atom. The lowest BCUT2D eigenvalue weighted by atomic mass is 9.85. The van der Waals surface area contributed by atoms with E-state index < -0.39 is 0 Å². The Labute approximate surface area is 111 Å². The Kier molecular flexibility index (Phi) is 3.20. The Morgan fingerprint density at radius 1 is 1.22 bits per heavy atom. The molecule has 0 aromatic carbocycles. The van der Waals surface area contributed by atoms with Crippen LogP contribution in [0.4, 0.5) is 0 Å². The summed E-state index contributed by atoms with van der Waals surface area (Å²) in [6, 6.07) is 3.70. The molecule has 1 amide bonds. The molecule has 2 unspecified atom stereocenters. The number of rotatable bonds is 1. The van der Waals surface area contributed by atoms with Crippen LogP contribution in [0.15, 0.2) is 12.1 Å². The minimum absolute atomic E-state index is 0.00793. The molecule has 96 valence electrons. The molecular weight excluding hydrogens is 250 g/mol. The van der Waals surface area contributed by atoms with Crippen molar-refractivity contribution in [3.63, 3.8) is 0 Å². The number of nitrogens with zero attached hydrogens (tertiary/aromatic N) is 3. The monoisotopic (exact) mass is 265 g/mol. The number of amides is 1. The second-order valence-electron chi connectivity index (χ2n) is 5.14. The van der Waals surface area contributed by atoms with E-state index in [1.54, 1.807) is 12.1 Å². The number of likely N-dealkylation sites (tertiary alicyclic amines) is 1. The van der Waals surface area contributed by atoms with Gasteiger partial charge in [0.1, 0.15) is 0 Å². The summed E-state index contributed by atoms with van der Waals surface area (Å²) in [5.74, 6) is 0.705. The predicted octanol–water partition coefficient (Wildman–Crippen LogP) is 2.53. The highest BCUT2D eigenvalue weighted by Gasteiger charge is 2.38. The van der Waals surface area contributed by atoms with Gasteiger partial charge in [-0.25, -0.2) is 0 Å². The predicted molar refractivity (Wildman–Crippen MR) is 68.4 cm³/mol. The van der Waals surface area contributed by atoms with E-state index in [1.165, 1.54) is 19.3 Å². The van der Waals surface area contributed by atoms with E-state index in [9.17, 15) is 4.79 Å². The van der Waals surface area contributed by atoms with E-state index in [-0.39, 0.29) is 5.91 Å². The van der Waals surface area contributed by atoms with Gasteiger partial charge in [-0.15, -0.1) is 10.2 Å². The minimum Gasteiger partial charge on any atom is -0.334 e. The second-order valence-corrected chi connectivity index (χ2v) is 5.53. The first-order chi connectivity index (χ1) is 8.75. The third kappa shape index (κ3) is 2.09. The standard InChI is InChI=1S/C13H16ClN3O/c14-12-6-5-10(15-16-12)13(18)17-8-7-9-3-1-2-4-11(9)17/h5-6,9,11H,1-4,7-8H2. The van der Waals surface area contributed by atoms with Crippen molar-refractivity contribution in [1.29, 1.82) is 0 Å². The van der Waals surface area contributed by atoms with Crippen molar-refractivity contribution in [1.82, 2.24) is 15.1 Å². The topological polar surface area (TPSA) is 46.1 Å². The van der Waals surface area contributed by atoms with Crippen LogP contribution >= 0.6 is 11.6 Å². The molecule has 4 nitrogen and oxygen atoms in total. The number of hydrogen-bond acceptors (Lipinski definition) is 3. The van der Waals surface area contributed by atoms with E-state index >= 15 is 0 Å². The summed E-state index contributed by atoms with van der Waals surface area (Å²) in [5.41, 5.74) is 0.408. The number of hydrogen-bond donors (Lipinski definition) is 0. The lowest BCUT2D eigenvalue weighted by molar-refractivity contribution is 0.0683. The van der Waals surface area contributed by atoms with Crippen LogP contribution in [0.2, 0.25) is 5.15 Å². The molecule has 1 aromatic rings. The molecule has 0 N–H and O–H groups in total. The van der Waals surface area contributed by atoms with Crippen molar-refractivity contribution < 1.29 is 4.79 Å². The van der Waals surface area contributed by atoms with Crippen LogP contribution in [0.25, 0.3) is 0 Å². The first-order valence-corrected chi connectivity index (χ1v) is 6.94. The van der Waals surface area contributed by atoms with Gasteiger partial charge in [-0.05, 0) is 37.3 Å². The third-order valence-corrected chi connectivity index (χ3v) is 4.32. The summed E-state index contributed by atoms with van der Waals surface area (Å²) >= 11 is 5.69. The van der Waals surface area contributed by atoms with Crippen molar-refractivity contribution in [3.8, 4) is 0 Å². The molecule has 2 fully saturated rings. The zero-order chi connectivity index (χ0) is 12.5. The van der Waals surface area contributed by atoms with Crippen LogP contribution < -0.4 is 0 Å². The molecule has 2 atom stereocenters. The molecule has 0 radical (unpaired) electrons. The van der Waals surface area contributed by atoms with Crippen molar-refractivity contribution >= 4 is 17.5 Å². The number of carbonyl (C=O) groups excluding carboxylic acids is 1. The van der Waals surface area contributed by atoms with Gasteiger partial charge in [-0.3, -0.25) is 4.79 Å². The van der Waals surface area contributed by atoms with Crippen LogP contribution in [0.1, 0.15) is 42.6 Å². The average molecular weight is 266 g/mol. The van der Waals surface area contributed by atoms with Crippen LogP contribution in [-0.2, 0) is 0 Å². The lowest BCUT2D eigenvalue weighted by Crippen LogP contribution is -2.39. The number of aromatic nitrogens is 2. The molecule has 1 aliphatic heterocycles. The summed E-state index contributed by atoms with van der Waals surface area (Å²) in [7, 11) is 0. The Bertz CT molecular complexity index is 448. The van der Waals surface area contributed by atoms with Crippen molar-refractivity contribution in [3.05, 3.63) is 23.0 Å². The van der Waals surface area contributed by atoms with Crippen LogP contribution in [0.3, 0.4) is 0 Å². The lowest BCUT2D eigenvalue weighted by Gasteiger charge is -2.31. The summed E-state index contributed by atoms with van der Waals surface area (Å²) in [5, 5.41) is 7.95. The Hall–Kier alpha value is -1.16. The first-order valence-electron chi connectivity index (χ1n) is 6.56. The SMILES string of the molecule is O=C(c1ccc(Cl)nn1)N1CCC2CCCCC21. The van der Waals surface area contributed by atoms with E-state index in [0.717, 1.165) is 19.4 Å². The van der Waals surface area contributed by atoms with Crippen molar-refractivity contribution in [2.24, 2.45) is 5.92 Å². The van der Waals surface area contributed by atoms with Gasteiger partial charge in [0.15, 0.2) is 10.8 Å². The highest BCUT2D eigenvalue weighted by Crippen LogP contribution is 2.36. The van der Waals surface area contributed by atoms with Gasteiger partial charge in [0.2, 0.25) is 0 Å². The molecule has 5 heteroatoms. The fraction of sp³-hybridized carbons (Fsp3) is 0.615. The minimum atomic E-state index is 0.00793. The van der Waals surface area contributed by atoms with Gasteiger partial charge in [-0.2, -0.15) is 0 Å².